The zero-order chi connectivity index (χ0) is 15.6. The highest BCUT2D eigenvalue weighted by Gasteiger charge is 2.27. The molecule has 0 aliphatic carbocycles. The predicted molar refractivity (Wildman–Crippen MR) is 80.1 cm³/mol. The maximum atomic E-state index is 13.1. The van der Waals surface area contributed by atoms with Crippen molar-refractivity contribution in [3.8, 4) is 0 Å². The van der Waals surface area contributed by atoms with Crippen molar-refractivity contribution >= 4 is 45.2 Å². The van der Waals surface area contributed by atoms with Gasteiger partial charge < -0.3 is 15.3 Å². The van der Waals surface area contributed by atoms with E-state index >= 15 is 0 Å². The summed E-state index contributed by atoms with van der Waals surface area (Å²) >= 11 is 9.05. The van der Waals surface area contributed by atoms with Crippen LogP contribution in [0.3, 0.4) is 0 Å². The van der Waals surface area contributed by atoms with E-state index in [-0.39, 0.29) is 11.1 Å². The molecule has 1 aromatic rings. The Morgan fingerprint density at radius 2 is 2.00 bits per heavy atom. The smallest absolute Gasteiger partial charge is 0.321 e. The van der Waals surface area contributed by atoms with Gasteiger partial charge >= 0.3 is 12.0 Å². The number of nitrogens with one attached hydrogen (secondary N) is 1. The Bertz CT molecular complexity index is 554. The van der Waals surface area contributed by atoms with Gasteiger partial charge in [-0.1, -0.05) is 11.6 Å². The molecule has 1 aliphatic rings. The first kappa shape index (κ1) is 16.0. The summed E-state index contributed by atoms with van der Waals surface area (Å²) in [6.45, 7) is 0.721. The largest absolute Gasteiger partial charge is 0.481 e. The highest BCUT2D eigenvalue weighted by Crippen LogP contribution is 2.32. The van der Waals surface area contributed by atoms with E-state index in [2.05, 4.69) is 21.2 Å². The second-order valence-electron chi connectivity index (χ2n) is 4.77. The molecule has 0 atom stereocenters. The predicted octanol–water partition coefficient (Wildman–Crippen LogP) is 3.57. The van der Waals surface area contributed by atoms with Crippen LogP contribution in [0.25, 0.3) is 0 Å². The second kappa shape index (κ2) is 6.62. The summed E-state index contributed by atoms with van der Waals surface area (Å²) in [4.78, 5) is 24.5. The lowest BCUT2D eigenvalue weighted by atomic mass is 9.97. The lowest BCUT2D eigenvalue weighted by molar-refractivity contribution is -0.143. The SMILES string of the molecule is O=C(O)C1CCN(C(=O)Nc2c(Cl)cc(F)cc2Br)CC1. The van der Waals surface area contributed by atoms with Gasteiger partial charge in [0.25, 0.3) is 0 Å². The number of piperidine rings is 1. The van der Waals surface area contributed by atoms with Crippen LogP contribution in [0, 0.1) is 11.7 Å². The van der Waals surface area contributed by atoms with Crippen molar-refractivity contribution in [2.75, 3.05) is 18.4 Å². The number of halogens is 3. The maximum absolute atomic E-state index is 13.1. The van der Waals surface area contributed by atoms with Crippen LogP contribution in [0.4, 0.5) is 14.9 Å². The number of hydrogen-bond acceptors (Lipinski definition) is 2. The Labute approximate surface area is 134 Å². The zero-order valence-electron chi connectivity index (χ0n) is 10.9. The second-order valence-corrected chi connectivity index (χ2v) is 6.04. The van der Waals surface area contributed by atoms with Crippen molar-refractivity contribution in [2.45, 2.75) is 12.8 Å². The van der Waals surface area contributed by atoms with Crippen LogP contribution < -0.4 is 5.32 Å². The first-order chi connectivity index (χ1) is 9.88. The molecule has 0 saturated carbocycles. The molecule has 1 fully saturated rings. The van der Waals surface area contributed by atoms with Crippen molar-refractivity contribution < 1.29 is 19.1 Å². The molecule has 2 rings (SSSR count). The summed E-state index contributed by atoms with van der Waals surface area (Å²) in [5.41, 5.74) is 0.295. The van der Waals surface area contributed by atoms with Crippen LogP contribution in [0.2, 0.25) is 5.02 Å². The van der Waals surface area contributed by atoms with Gasteiger partial charge in [-0.05, 0) is 40.9 Å². The van der Waals surface area contributed by atoms with Gasteiger partial charge in [-0.25, -0.2) is 9.18 Å². The Balaban J connectivity index is 2.01. The summed E-state index contributed by atoms with van der Waals surface area (Å²) in [6, 6.07) is 1.93. The molecule has 5 nitrogen and oxygen atoms in total. The van der Waals surface area contributed by atoms with E-state index in [1.165, 1.54) is 11.0 Å². The fourth-order valence-corrected chi connectivity index (χ4v) is 3.08. The van der Waals surface area contributed by atoms with E-state index in [4.69, 9.17) is 16.7 Å². The third kappa shape index (κ3) is 3.85. The topological polar surface area (TPSA) is 69.6 Å². The standard InChI is InChI=1S/C13H13BrClFN2O3/c14-9-5-8(16)6-10(15)11(9)17-13(21)18-3-1-7(2-4-18)12(19)20/h5-7H,1-4H2,(H,17,21)(H,19,20). The number of likely N-dealkylation sites (tertiary alicyclic amines) is 1. The first-order valence-electron chi connectivity index (χ1n) is 6.31. The van der Waals surface area contributed by atoms with Crippen LogP contribution in [-0.2, 0) is 4.79 Å². The first-order valence-corrected chi connectivity index (χ1v) is 7.49. The number of carboxylic acids is 1. The number of urea groups is 1. The molecule has 1 aliphatic heterocycles. The minimum Gasteiger partial charge on any atom is -0.481 e. The minimum atomic E-state index is -0.834. The number of anilines is 1. The molecule has 21 heavy (non-hydrogen) atoms. The summed E-state index contributed by atoms with van der Waals surface area (Å²) in [6.07, 6.45) is 0.835. The normalized spacial score (nSPS) is 15.9. The van der Waals surface area contributed by atoms with Gasteiger partial charge in [-0.15, -0.1) is 0 Å². The van der Waals surface area contributed by atoms with Crippen molar-refractivity contribution in [3.63, 3.8) is 0 Å². The number of hydrogen-bond donors (Lipinski definition) is 2. The molecule has 0 unspecified atom stereocenters. The molecule has 1 aromatic carbocycles. The molecule has 2 N–H and O–H groups in total. The lowest BCUT2D eigenvalue weighted by Crippen LogP contribution is -2.42. The number of carbonyl (C=O) groups excluding carboxylic acids is 1. The summed E-state index contributed by atoms with van der Waals surface area (Å²) in [7, 11) is 0. The number of aliphatic carboxylic acids is 1. The molecule has 2 amide bonds. The fraction of sp³-hybridized carbons (Fsp3) is 0.385. The van der Waals surface area contributed by atoms with Crippen molar-refractivity contribution in [1.29, 1.82) is 0 Å². The van der Waals surface area contributed by atoms with E-state index in [1.807, 2.05) is 0 Å². The van der Waals surface area contributed by atoms with Gasteiger partial charge in [0.15, 0.2) is 0 Å². The van der Waals surface area contributed by atoms with Crippen LogP contribution in [-0.4, -0.2) is 35.1 Å². The average molecular weight is 380 g/mol. The fourth-order valence-electron chi connectivity index (χ4n) is 2.18. The Hall–Kier alpha value is -1.34. The van der Waals surface area contributed by atoms with E-state index in [0.29, 0.717) is 36.1 Å². The zero-order valence-corrected chi connectivity index (χ0v) is 13.2. The van der Waals surface area contributed by atoms with Gasteiger partial charge in [0.05, 0.1) is 16.6 Å². The highest BCUT2D eigenvalue weighted by atomic mass is 79.9. The molecule has 0 spiro atoms. The molecule has 114 valence electrons. The Kier molecular flexibility index (Phi) is 5.05. The van der Waals surface area contributed by atoms with Crippen LogP contribution in [0.15, 0.2) is 16.6 Å². The van der Waals surface area contributed by atoms with Crippen LogP contribution >= 0.6 is 27.5 Å². The van der Waals surface area contributed by atoms with Gasteiger partial charge in [0.1, 0.15) is 5.82 Å². The molecule has 1 saturated heterocycles. The average Bonchev–Trinajstić information content (AvgIpc) is 2.42. The third-order valence-electron chi connectivity index (χ3n) is 3.37. The lowest BCUT2D eigenvalue weighted by Gasteiger charge is -2.30. The Morgan fingerprint density at radius 3 is 2.52 bits per heavy atom. The van der Waals surface area contributed by atoms with Gasteiger partial charge in [-0.2, -0.15) is 0 Å². The highest BCUT2D eigenvalue weighted by molar-refractivity contribution is 9.10. The molecule has 0 aromatic heterocycles. The van der Waals surface area contributed by atoms with Gasteiger partial charge in [-0.3, -0.25) is 4.79 Å². The van der Waals surface area contributed by atoms with Gasteiger partial charge in [0, 0.05) is 17.6 Å². The number of carboxylic acid groups (broad SMARTS) is 1. The van der Waals surface area contributed by atoms with Crippen molar-refractivity contribution in [2.24, 2.45) is 5.92 Å². The van der Waals surface area contributed by atoms with E-state index in [1.54, 1.807) is 0 Å². The molecule has 8 heteroatoms. The number of rotatable bonds is 2. The molecule has 0 radical (unpaired) electrons. The maximum Gasteiger partial charge on any atom is 0.321 e. The minimum absolute atomic E-state index is 0.0932. The quantitative estimate of drug-likeness (QED) is 0.825. The van der Waals surface area contributed by atoms with E-state index < -0.39 is 17.7 Å². The third-order valence-corrected chi connectivity index (χ3v) is 4.29. The van der Waals surface area contributed by atoms with Crippen LogP contribution in [0.1, 0.15) is 12.8 Å². The Morgan fingerprint density at radius 1 is 1.38 bits per heavy atom. The summed E-state index contributed by atoms with van der Waals surface area (Å²) < 4.78 is 13.5. The molecule has 0 bridgehead atoms. The molecular formula is C13H13BrClFN2O3. The van der Waals surface area contributed by atoms with Crippen LogP contribution in [0.5, 0.6) is 0 Å². The molecular weight excluding hydrogens is 367 g/mol. The number of carbonyl (C=O) groups is 2. The van der Waals surface area contributed by atoms with Gasteiger partial charge in [0.2, 0.25) is 0 Å². The number of benzene rings is 1. The summed E-state index contributed by atoms with van der Waals surface area (Å²) in [5.74, 6) is -1.75. The number of amides is 2. The monoisotopic (exact) mass is 378 g/mol. The molecule has 1 heterocycles. The summed E-state index contributed by atoms with van der Waals surface area (Å²) in [5, 5.41) is 11.6. The van der Waals surface area contributed by atoms with Crippen molar-refractivity contribution in [3.05, 3.63) is 27.4 Å². The van der Waals surface area contributed by atoms with E-state index in [0.717, 1.165) is 6.07 Å². The van der Waals surface area contributed by atoms with Crippen molar-refractivity contribution in [1.82, 2.24) is 4.90 Å². The number of nitrogens with zero attached hydrogens (tertiary/aromatic N) is 1. The van der Waals surface area contributed by atoms with E-state index in [9.17, 15) is 14.0 Å².